The van der Waals surface area contributed by atoms with Gasteiger partial charge in [0.05, 0.1) is 31.8 Å². The molecule has 0 unspecified atom stereocenters. The number of aliphatic hydroxyl groups excluding tert-OH is 1. The zero-order chi connectivity index (χ0) is 26.4. The monoisotopic (exact) mass is 500 g/mol. The van der Waals surface area contributed by atoms with Crippen LogP contribution >= 0.6 is 0 Å². The van der Waals surface area contributed by atoms with Gasteiger partial charge in [-0.2, -0.15) is 0 Å². The van der Waals surface area contributed by atoms with Crippen LogP contribution in [-0.2, 0) is 22.6 Å². The van der Waals surface area contributed by atoms with Gasteiger partial charge in [-0.3, -0.25) is 9.59 Å². The molecule has 1 aliphatic heterocycles. The van der Waals surface area contributed by atoms with E-state index in [0.29, 0.717) is 31.7 Å². The van der Waals surface area contributed by atoms with Crippen molar-refractivity contribution in [3.63, 3.8) is 0 Å². The summed E-state index contributed by atoms with van der Waals surface area (Å²) in [6.45, 7) is 4.92. The lowest BCUT2D eigenvalue weighted by molar-refractivity contribution is -0.132. The molecule has 1 aliphatic rings. The van der Waals surface area contributed by atoms with Gasteiger partial charge in [0, 0.05) is 31.6 Å². The van der Waals surface area contributed by atoms with Crippen molar-refractivity contribution in [2.45, 2.75) is 39.0 Å². The zero-order valence-electron chi connectivity index (χ0n) is 21.8. The lowest BCUT2D eigenvalue weighted by Gasteiger charge is -2.35. The number of nitrogens with zero attached hydrogens (tertiary/aromatic N) is 2. The first-order valence-electron chi connectivity index (χ1n) is 12.9. The van der Waals surface area contributed by atoms with Gasteiger partial charge in [0.25, 0.3) is 5.91 Å². The van der Waals surface area contributed by atoms with Crippen molar-refractivity contribution in [2.24, 2.45) is 5.92 Å². The topological polar surface area (TPSA) is 70.1 Å². The fourth-order valence-corrected chi connectivity index (χ4v) is 4.83. The van der Waals surface area contributed by atoms with E-state index >= 15 is 0 Å². The molecule has 0 fully saturated rings. The molecular formula is C31H36N2O4. The Labute approximate surface area is 219 Å². The summed E-state index contributed by atoms with van der Waals surface area (Å²) in [4.78, 5) is 30.3. The van der Waals surface area contributed by atoms with Gasteiger partial charge in [-0.25, -0.2) is 0 Å². The van der Waals surface area contributed by atoms with Crippen molar-refractivity contribution >= 4 is 11.8 Å². The normalized spacial score (nSPS) is 18.8. The lowest BCUT2D eigenvalue weighted by atomic mass is 9.94. The van der Waals surface area contributed by atoms with Crippen molar-refractivity contribution in [1.29, 1.82) is 0 Å². The van der Waals surface area contributed by atoms with Crippen LogP contribution < -0.4 is 0 Å². The van der Waals surface area contributed by atoms with E-state index in [0.717, 1.165) is 22.3 Å². The first kappa shape index (κ1) is 26.6. The third-order valence-electron chi connectivity index (χ3n) is 7.17. The summed E-state index contributed by atoms with van der Waals surface area (Å²) in [6.07, 6.45) is 0.0168. The Morgan fingerprint density at radius 1 is 1.00 bits per heavy atom. The zero-order valence-corrected chi connectivity index (χ0v) is 21.8. The van der Waals surface area contributed by atoms with Crippen molar-refractivity contribution in [3.8, 4) is 11.1 Å². The molecule has 0 radical (unpaired) electrons. The van der Waals surface area contributed by atoms with E-state index in [1.54, 1.807) is 16.8 Å². The second kappa shape index (κ2) is 12.2. The molecule has 4 rings (SSSR count). The van der Waals surface area contributed by atoms with Crippen LogP contribution in [0.1, 0.15) is 35.3 Å². The Balaban J connectivity index is 1.66. The Bertz CT molecular complexity index is 1210. The number of likely N-dealkylation sites (N-methyl/N-ethyl adjacent to an activating group) is 1. The van der Waals surface area contributed by atoms with E-state index in [2.05, 4.69) is 0 Å². The molecule has 3 atom stereocenters. The first-order valence-corrected chi connectivity index (χ1v) is 12.9. The van der Waals surface area contributed by atoms with Crippen LogP contribution in [-0.4, -0.2) is 65.6 Å². The first-order chi connectivity index (χ1) is 17.9. The molecule has 0 spiro atoms. The number of amides is 2. The Hall–Kier alpha value is -3.48. The van der Waals surface area contributed by atoms with Gasteiger partial charge in [-0.1, -0.05) is 79.7 Å². The lowest BCUT2D eigenvalue weighted by Crippen LogP contribution is -2.47. The van der Waals surface area contributed by atoms with Gasteiger partial charge >= 0.3 is 0 Å². The smallest absolute Gasteiger partial charge is 0.254 e. The summed E-state index contributed by atoms with van der Waals surface area (Å²) in [6, 6.07) is 24.9. The second-order valence-corrected chi connectivity index (χ2v) is 9.96. The molecule has 0 saturated carbocycles. The third kappa shape index (κ3) is 6.27. The summed E-state index contributed by atoms with van der Waals surface area (Å²) in [5, 5.41) is 9.99. The van der Waals surface area contributed by atoms with Gasteiger partial charge in [0.1, 0.15) is 0 Å². The molecule has 194 valence electrons. The predicted molar refractivity (Wildman–Crippen MR) is 145 cm³/mol. The standard InChI is InChI=1S/C31H36N2O4/c1-22-18-33(23(2)20-34)31(36)28-16-10-9-15-27(28)26-14-8-7-13-25(26)21-37-29(22)19-32(3)30(35)17-24-11-5-4-6-12-24/h4-16,22-23,29,34H,17-21H2,1-3H3/t22-,23+,29+/m0/s1. The van der Waals surface area contributed by atoms with Crippen LogP contribution in [0.2, 0.25) is 0 Å². The second-order valence-electron chi connectivity index (χ2n) is 9.96. The number of carbonyl (C=O) groups is 2. The Morgan fingerprint density at radius 2 is 1.62 bits per heavy atom. The molecule has 3 aromatic carbocycles. The van der Waals surface area contributed by atoms with E-state index in [4.69, 9.17) is 4.74 Å². The Kier molecular flexibility index (Phi) is 8.74. The van der Waals surface area contributed by atoms with Crippen LogP contribution in [0.3, 0.4) is 0 Å². The molecule has 2 amide bonds. The van der Waals surface area contributed by atoms with Gasteiger partial charge < -0.3 is 19.6 Å². The maximum Gasteiger partial charge on any atom is 0.254 e. The summed E-state index contributed by atoms with van der Waals surface area (Å²) < 4.78 is 6.50. The van der Waals surface area contributed by atoms with Crippen LogP contribution in [0, 0.1) is 5.92 Å². The minimum Gasteiger partial charge on any atom is -0.394 e. The average molecular weight is 501 g/mol. The van der Waals surface area contributed by atoms with Crippen molar-refractivity contribution < 1.29 is 19.4 Å². The fourth-order valence-electron chi connectivity index (χ4n) is 4.83. The number of rotatable bonds is 6. The molecular weight excluding hydrogens is 464 g/mol. The number of hydrogen-bond donors (Lipinski definition) is 1. The van der Waals surface area contributed by atoms with Crippen molar-refractivity contribution in [2.75, 3.05) is 26.7 Å². The van der Waals surface area contributed by atoms with Crippen LogP contribution in [0.25, 0.3) is 11.1 Å². The number of aliphatic hydroxyl groups is 1. The average Bonchev–Trinajstić information content (AvgIpc) is 2.94. The summed E-state index contributed by atoms with van der Waals surface area (Å²) in [5.74, 6) is -0.184. The highest BCUT2D eigenvalue weighted by Gasteiger charge is 2.31. The van der Waals surface area contributed by atoms with Crippen LogP contribution in [0.15, 0.2) is 78.9 Å². The molecule has 1 heterocycles. The van der Waals surface area contributed by atoms with E-state index in [1.807, 2.05) is 92.7 Å². The van der Waals surface area contributed by atoms with E-state index in [-0.39, 0.29) is 36.5 Å². The molecule has 0 saturated heterocycles. The highest BCUT2D eigenvalue weighted by atomic mass is 16.5. The molecule has 6 heteroatoms. The maximum absolute atomic E-state index is 13.9. The minimum atomic E-state index is -0.364. The largest absolute Gasteiger partial charge is 0.394 e. The molecule has 0 aromatic heterocycles. The quantitative estimate of drug-likeness (QED) is 0.544. The van der Waals surface area contributed by atoms with Gasteiger partial charge in [-0.15, -0.1) is 0 Å². The van der Waals surface area contributed by atoms with Crippen LogP contribution in [0.4, 0.5) is 0 Å². The number of hydrogen-bond acceptors (Lipinski definition) is 4. The predicted octanol–water partition coefficient (Wildman–Crippen LogP) is 4.41. The minimum absolute atomic E-state index is 0.0146. The SMILES string of the molecule is C[C@H](CO)N1C[C@H](C)[C@@H](CN(C)C(=O)Cc2ccccc2)OCc2ccccc2-c2ccccc2C1=O. The fraction of sp³-hybridized carbons (Fsp3) is 0.355. The number of ether oxygens (including phenoxy) is 1. The van der Waals surface area contributed by atoms with Crippen molar-refractivity contribution in [1.82, 2.24) is 9.80 Å². The van der Waals surface area contributed by atoms with Crippen LogP contribution in [0.5, 0.6) is 0 Å². The van der Waals surface area contributed by atoms with Gasteiger partial charge in [-0.05, 0) is 35.2 Å². The Morgan fingerprint density at radius 3 is 2.32 bits per heavy atom. The highest BCUT2D eigenvalue weighted by Crippen LogP contribution is 2.31. The summed E-state index contributed by atoms with van der Waals surface area (Å²) in [5.41, 5.74) is 4.36. The number of carbonyl (C=O) groups excluding carboxylic acids is 2. The van der Waals surface area contributed by atoms with E-state index in [1.165, 1.54) is 0 Å². The number of fused-ring (bicyclic) bond motifs is 3. The van der Waals surface area contributed by atoms with Gasteiger partial charge in [0.2, 0.25) is 5.91 Å². The molecule has 0 aliphatic carbocycles. The molecule has 3 aromatic rings. The van der Waals surface area contributed by atoms with E-state index < -0.39 is 0 Å². The summed E-state index contributed by atoms with van der Waals surface area (Å²) >= 11 is 0. The third-order valence-corrected chi connectivity index (χ3v) is 7.17. The highest BCUT2D eigenvalue weighted by molar-refractivity contribution is 6.01. The molecule has 37 heavy (non-hydrogen) atoms. The van der Waals surface area contributed by atoms with Crippen molar-refractivity contribution in [3.05, 3.63) is 95.6 Å². The molecule has 0 bridgehead atoms. The number of benzene rings is 3. The molecule has 1 N–H and O–H groups in total. The van der Waals surface area contributed by atoms with Gasteiger partial charge in [0.15, 0.2) is 0 Å². The summed E-state index contributed by atoms with van der Waals surface area (Å²) in [7, 11) is 1.80. The maximum atomic E-state index is 13.9. The molecule has 6 nitrogen and oxygen atoms in total. The van der Waals surface area contributed by atoms with E-state index in [9.17, 15) is 14.7 Å².